The predicted octanol–water partition coefficient (Wildman–Crippen LogP) is 2.69. The highest BCUT2D eigenvalue weighted by Gasteiger charge is 2.19. The minimum Gasteiger partial charge on any atom is -0.386 e. The van der Waals surface area contributed by atoms with Gasteiger partial charge in [-0.25, -0.2) is 0 Å². The molecule has 1 aromatic carbocycles. The molecule has 0 aliphatic rings. The predicted molar refractivity (Wildman–Crippen MR) is 79.7 cm³/mol. The highest BCUT2D eigenvalue weighted by Crippen LogP contribution is 2.19. The Morgan fingerprint density at radius 1 is 1.35 bits per heavy atom. The largest absolute Gasteiger partial charge is 0.386 e. The van der Waals surface area contributed by atoms with Crippen molar-refractivity contribution >= 4 is 17.5 Å². The van der Waals surface area contributed by atoms with Crippen molar-refractivity contribution in [3.05, 3.63) is 34.9 Å². The molecule has 0 bridgehead atoms. The number of carbonyl (C=O) groups excluding carboxylic acids is 1. The lowest BCUT2D eigenvalue weighted by Gasteiger charge is -2.23. The molecule has 20 heavy (non-hydrogen) atoms. The third kappa shape index (κ3) is 5.90. The lowest BCUT2D eigenvalue weighted by molar-refractivity contribution is -0.131. The standard InChI is InChI=1S/C15H22ClNO3/c1-10(17-13(18)9-20-15(2,3)4)14(19)11-5-7-12(16)8-6-11/h5-8,10,14,19H,9H2,1-4H3,(H,17,18). The first-order valence-corrected chi connectivity index (χ1v) is 6.94. The van der Waals surface area contributed by atoms with E-state index in [9.17, 15) is 9.90 Å². The van der Waals surface area contributed by atoms with Gasteiger partial charge in [-0.3, -0.25) is 4.79 Å². The molecule has 0 saturated heterocycles. The summed E-state index contributed by atoms with van der Waals surface area (Å²) >= 11 is 5.80. The average Bonchev–Trinajstić information content (AvgIpc) is 2.35. The monoisotopic (exact) mass is 299 g/mol. The van der Waals surface area contributed by atoms with E-state index in [4.69, 9.17) is 16.3 Å². The molecule has 1 aromatic rings. The lowest BCUT2D eigenvalue weighted by Crippen LogP contribution is -2.40. The van der Waals surface area contributed by atoms with Crippen LogP contribution < -0.4 is 5.32 Å². The van der Waals surface area contributed by atoms with Crippen LogP contribution in [-0.2, 0) is 9.53 Å². The van der Waals surface area contributed by atoms with E-state index in [-0.39, 0.29) is 18.1 Å². The van der Waals surface area contributed by atoms with Gasteiger partial charge in [-0.05, 0) is 45.4 Å². The Morgan fingerprint density at radius 2 is 1.90 bits per heavy atom. The van der Waals surface area contributed by atoms with Crippen LogP contribution in [-0.4, -0.2) is 29.3 Å². The van der Waals surface area contributed by atoms with E-state index in [1.165, 1.54) is 0 Å². The van der Waals surface area contributed by atoms with Crippen LogP contribution in [0.15, 0.2) is 24.3 Å². The van der Waals surface area contributed by atoms with E-state index in [1.807, 2.05) is 20.8 Å². The number of amides is 1. The fourth-order valence-electron chi connectivity index (χ4n) is 1.61. The van der Waals surface area contributed by atoms with Gasteiger partial charge in [0.2, 0.25) is 5.91 Å². The summed E-state index contributed by atoms with van der Waals surface area (Å²) in [6.45, 7) is 7.36. The summed E-state index contributed by atoms with van der Waals surface area (Å²) in [5.74, 6) is -0.250. The fourth-order valence-corrected chi connectivity index (χ4v) is 1.73. The van der Waals surface area contributed by atoms with Crippen LogP contribution in [0.1, 0.15) is 39.4 Å². The van der Waals surface area contributed by atoms with Gasteiger partial charge in [0.05, 0.1) is 17.7 Å². The summed E-state index contributed by atoms with van der Waals surface area (Å²) in [7, 11) is 0. The van der Waals surface area contributed by atoms with Gasteiger partial charge < -0.3 is 15.2 Å². The van der Waals surface area contributed by atoms with E-state index in [0.717, 1.165) is 0 Å². The van der Waals surface area contributed by atoms with Crippen molar-refractivity contribution in [2.24, 2.45) is 0 Å². The topological polar surface area (TPSA) is 58.6 Å². The fraction of sp³-hybridized carbons (Fsp3) is 0.533. The van der Waals surface area contributed by atoms with Gasteiger partial charge in [-0.15, -0.1) is 0 Å². The van der Waals surface area contributed by atoms with Crippen molar-refractivity contribution in [2.75, 3.05) is 6.61 Å². The number of hydrogen-bond donors (Lipinski definition) is 2. The van der Waals surface area contributed by atoms with Gasteiger partial charge in [-0.1, -0.05) is 23.7 Å². The maximum atomic E-state index is 11.7. The third-order valence-electron chi connectivity index (χ3n) is 2.71. The van der Waals surface area contributed by atoms with Gasteiger partial charge in [0.1, 0.15) is 6.61 Å². The van der Waals surface area contributed by atoms with Crippen molar-refractivity contribution < 1.29 is 14.6 Å². The quantitative estimate of drug-likeness (QED) is 0.879. The van der Waals surface area contributed by atoms with Crippen LogP contribution in [0.2, 0.25) is 5.02 Å². The van der Waals surface area contributed by atoms with E-state index >= 15 is 0 Å². The SMILES string of the molecule is CC(NC(=O)COC(C)(C)C)C(O)c1ccc(Cl)cc1. The smallest absolute Gasteiger partial charge is 0.246 e. The molecule has 0 aliphatic heterocycles. The molecule has 1 amide bonds. The second-order valence-corrected chi connectivity index (χ2v) is 6.19. The number of nitrogens with one attached hydrogen (secondary N) is 1. The number of halogens is 1. The number of ether oxygens (including phenoxy) is 1. The van der Waals surface area contributed by atoms with Crippen LogP contribution in [0.25, 0.3) is 0 Å². The minimum absolute atomic E-state index is 0.0266. The molecular formula is C15H22ClNO3. The molecule has 0 fully saturated rings. The molecule has 1 rings (SSSR count). The molecule has 0 radical (unpaired) electrons. The van der Waals surface area contributed by atoms with E-state index in [2.05, 4.69) is 5.32 Å². The van der Waals surface area contributed by atoms with Crippen LogP contribution in [0.4, 0.5) is 0 Å². The van der Waals surface area contributed by atoms with Gasteiger partial charge in [0, 0.05) is 5.02 Å². The van der Waals surface area contributed by atoms with Gasteiger partial charge in [0.25, 0.3) is 0 Å². The first-order chi connectivity index (χ1) is 9.19. The highest BCUT2D eigenvalue weighted by atomic mass is 35.5. The van der Waals surface area contributed by atoms with Gasteiger partial charge in [-0.2, -0.15) is 0 Å². The summed E-state index contributed by atoms with van der Waals surface area (Å²) in [6, 6.07) is 6.48. The zero-order chi connectivity index (χ0) is 15.3. The van der Waals surface area contributed by atoms with Crippen molar-refractivity contribution in [1.82, 2.24) is 5.32 Å². The maximum Gasteiger partial charge on any atom is 0.246 e. The van der Waals surface area contributed by atoms with E-state index in [1.54, 1.807) is 31.2 Å². The Balaban J connectivity index is 2.51. The maximum absolute atomic E-state index is 11.7. The van der Waals surface area contributed by atoms with Gasteiger partial charge >= 0.3 is 0 Å². The lowest BCUT2D eigenvalue weighted by atomic mass is 10.0. The number of benzene rings is 1. The molecule has 4 nitrogen and oxygen atoms in total. The second kappa shape index (κ2) is 7.07. The number of hydrogen-bond acceptors (Lipinski definition) is 3. The normalized spacial score (nSPS) is 14.7. The minimum atomic E-state index is -0.786. The molecule has 0 aromatic heterocycles. The number of carbonyl (C=O) groups is 1. The first-order valence-electron chi connectivity index (χ1n) is 6.56. The van der Waals surface area contributed by atoms with Crippen LogP contribution >= 0.6 is 11.6 Å². The number of rotatable bonds is 5. The summed E-state index contributed by atoms with van der Waals surface area (Å²) in [5.41, 5.74) is 0.342. The molecule has 0 heterocycles. The zero-order valence-electron chi connectivity index (χ0n) is 12.3. The molecule has 112 valence electrons. The molecule has 0 saturated carbocycles. The molecule has 0 aliphatic carbocycles. The van der Waals surface area contributed by atoms with Crippen molar-refractivity contribution in [3.8, 4) is 0 Å². The molecule has 2 atom stereocenters. The molecule has 2 N–H and O–H groups in total. The number of aliphatic hydroxyl groups excluding tert-OH is 1. The summed E-state index contributed by atoms with van der Waals surface area (Å²) in [5, 5.41) is 13.5. The Morgan fingerprint density at radius 3 is 2.40 bits per heavy atom. The average molecular weight is 300 g/mol. The Kier molecular flexibility index (Phi) is 5.99. The van der Waals surface area contributed by atoms with Crippen molar-refractivity contribution in [1.29, 1.82) is 0 Å². The van der Waals surface area contributed by atoms with Crippen molar-refractivity contribution in [3.63, 3.8) is 0 Å². The van der Waals surface area contributed by atoms with Crippen LogP contribution in [0, 0.1) is 0 Å². The summed E-state index contributed by atoms with van der Waals surface area (Å²) in [6.07, 6.45) is -0.786. The molecule has 5 heteroatoms. The Labute approximate surface area is 125 Å². The van der Waals surface area contributed by atoms with Gasteiger partial charge in [0.15, 0.2) is 0 Å². The van der Waals surface area contributed by atoms with Crippen LogP contribution in [0.5, 0.6) is 0 Å². The van der Waals surface area contributed by atoms with Crippen molar-refractivity contribution in [2.45, 2.75) is 45.4 Å². The Hall–Kier alpha value is -1.10. The van der Waals surface area contributed by atoms with Crippen LogP contribution in [0.3, 0.4) is 0 Å². The second-order valence-electron chi connectivity index (χ2n) is 5.75. The Bertz CT molecular complexity index is 439. The number of aliphatic hydroxyl groups is 1. The first kappa shape index (κ1) is 17.0. The molecule has 2 unspecified atom stereocenters. The summed E-state index contributed by atoms with van der Waals surface area (Å²) in [4.78, 5) is 11.7. The highest BCUT2D eigenvalue weighted by molar-refractivity contribution is 6.30. The summed E-state index contributed by atoms with van der Waals surface area (Å²) < 4.78 is 5.38. The van der Waals surface area contributed by atoms with E-state index in [0.29, 0.717) is 10.6 Å². The zero-order valence-corrected chi connectivity index (χ0v) is 13.1. The third-order valence-corrected chi connectivity index (χ3v) is 2.96. The molecule has 0 spiro atoms. The molecular weight excluding hydrogens is 278 g/mol. The van der Waals surface area contributed by atoms with E-state index < -0.39 is 12.1 Å².